The first-order valence-electron chi connectivity index (χ1n) is 6.77. The van der Waals surface area contributed by atoms with Gasteiger partial charge >= 0.3 is 0 Å². The largest absolute Gasteiger partial charge is 0.370 e. The molecular formula is C15H15N3O2. The van der Waals surface area contributed by atoms with E-state index in [1.165, 1.54) is 0 Å². The molecule has 0 bridgehead atoms. The Balaban J connectivity index is 1.83. The van der Waals surface area contributed by atoms with Crippen LogP contribution in [0, 0.1) is 17.2 Å². The molecular weight excluding hydrogens is 254 g/mol. The Morgan fingerprint density at radius 1 is 1.40 bits per heavy atom. The van der Waals surface area contributed by atoms with Crippen LogP contribution in [0.15, 0.2) is 28.8 Å². The number of nitriles is 1. The van der Waals surface area contributed by atoms with E-state index in [0.29, 0.717) is 29.8 Å². The summed E-state index contributed by atoms with van der Waals surface area (Å²) in [5.74, 6) is 1.60. The van der Waals surface area contributed by atoms with Crippen LogP contribution in [0.3, 0.4) is 0 Å². The van der Waals surface area contributed by atoms with Crippen LogP contribution in [-0.2, 0) is 4.74 Å². The molecule has 1 saturated carbocycles. The summed E-state index contributed by atoms with van der Waals surface area (Å²) >= 11 is 0. The summed E-state index contributed by atoms with van der Waals surface area (Å²) in [6.45, 7) is 2.61. The van der Waals surface area contributed by atoms with E-state index >= 15 is 0 Å². The van der Waals surface area contributed by atoms with Crippen LogP contribution in [0.2, 0.25) is 0 Å². The Labute approximate surface area is 117 Å². The molecule has 0 spiro atoms. The van der Waals surface area contributed by atoms with Crippen LogP contribution < -0.4 is 0 Å². The lowest BCUT2D eigenvalue weighted by Crippen LogP contribution is -2.08. The van der Waals surface area contributed by atoms with Gasteiger partial charge in [0.2, 0.25) is 5.82 Å². The number of aromatic nitrogens is 2. The van der Waals surface area contributed by atoms with Crippen molar-refractivity contribution in [1.82, 2.24) is 10.1 Å². The van der Waals surface area contributed by atoms with Crippen molar-refractivity contribution in [2.24, 2.45) is 5.92 Å². The molecule has 0 amide bonds. The quantitative estimate of drug-likeness (QED) is 0.834. The first-order valence-corrected chi connectivity index (χ1v) is 6.77. The van der Waals surface area contributed by atoms with Gasteiger partial charge in [-0.15, -0.1) is 0 Å². The predicted octanol–water partition coefficient (Wildman–Crippen LogP) is 3.10. The highest BCUT2D eigenvalue weighted by atomic mass is 16.5. The molecule has 1 heterocycles. The maximum absolute atomic E-state index is 8.79. The third-order valence-electron chi connectivity index (χ3n) is 3.35. The number of ether oxygens (including phenoxy) is 1. The van der Waals surface area contributed by atoms with Gasteiger partial charge in [-0.2, -0.15) is 10.2 Å². The summed E-state index contributed by atoms with van der Waals surface area (Å²) in [6.07, 6.45) is 2.26. The number of hydrogen-bond donors (Lipinski definition) is 0. The third kappa shape index (κ3) is 2.56. The molecule has 5 nitrogen and oxygen atoms in total. The molecule has 0 N–H and O–H groups in total. The molecule has 5 heteroatoms. The first kappa shape index (κ1) is 12.8. The molecule has 0 saturated heterocycles. The smallest absolute Gasteiger partial charge is 0.258 e. The minimum Gasteiger partial charge on any atom is -0.370 e. The van der Waals surface area contributed by atoms with E-state index in [-0.39, 0.29) is 6.10 Å². The van der Waals surface area contributed by atoms with Crippen LogP contribution in [0.5, 0.6) is 0 Å². The van der Waals surface area contributed by atoms with Crippen molar-refractivity contribution >= 4 is 0 Å². The average Bonchev–Trinajstić information content (AvgIpc) is 3.21. The number of hydrogen-bond acceptors (Lipinski definition) is 5. The van der Waals surface area contributed by atoms with E-state index in [0.717, 1.165) is 18.4 Å². The Morgan fingerprint density at radius 3 is 2.75 bits per heavy atom. The standard InChI is InChI=1S/C15H15N3O2/c1-2-19-13(11-7-8-11)14-17-15(20-18-14)12-5-3-10(9-16)4-6-12/h3-6,11,13H,2,7-8H2,1H3. The Hall–Kier alpha value is -2.19. The van der Waals surface area contributed by atoms with Gasteiger partial charge in [-0.05, 0) is 49.9 Å². The third-order valence-corrected chi connectivity index (χ3v) is 3.35. The molecule has 20 heavy (non-hydrogen) atoms. The lowest BCUT2D eigenvalue weighted by Gasteiger charge is -2.10. The second-order valence-electron chi connectivity index (χ2n) is 4.86. The molecule has 1 fully saturated rings. The average molecular weight is 269 g/mol. The molecule has 102 valence electrons. The van der Waals surface area contributed by atoms with E-state index in [9.17, 15) is 0 Å². The van der Waals surface area contributed by atoms with Crippen molar-refractivity contribution < 1.29 is 9.26 Å². The van der Waals surface area contributed by atoms with Gasteiger partial charge in [0.15, 0.2) is 0 Å². The number of benzene rings is 1. The molecule has 1 aromatic heterocycles. The monoisotopic (exact) mass is 269 g/mol. The SMILES string of the molecule is CCOC(c1noc(-c2ccc(C#N)cc2)n1)C1CC1. The maximum atomic E-state index is 8.79. The van der Waals surface area contributed by atoms with Crippen LogP contribution in [0.25, 0.3) is 11.5 Å². The van der Waals surface area contributed by atoms with Gasteiger partial charge in [-0.1, -0.05) is 5.16 Å². The predicted molar refractivity (Wildman–Crippen MR) is 71.5 cm³/mol. The Morgan fingerprint density at radius 2 is 2.15 bits per heavy atom. The van der Waals surface area contributed by atoms with E-state index < -0.39 is 0 Å². The minimum atomic E-state index is -0.0594. The lowest BCUT2D eigenvalue weighted by molar-refractivity contribution is 0.0385. The second-order valence-corrected chi connectivity index (χ2v) is 4.86. The lowest BCUT2D eigenvalue weighted by atomic mass is 10.1. The topological polar surface area (TPSA) is 71.9 Å². The van der Waals surface area contributed by atoms with E-state index in [4.69, 9.17) is 14.5 Å². The summed E-state index contributed by atoms with van der Waals surface area (Å²) in [5, 5.41) is 12.8. The van der Waals surface area contributed by atoms with Crippen molar-refractivity contribution in [3.8, 4) is 17.5 Å². The summed E-state index contributed by atoms with van der Waals surface area (Å²) in [7, 11) is 0. The minimum absolute atomic E-state index is 0.0594. The summed E-state index contributed by atoms with van der Waals surface area (Å²) in [6, 6.07) is 9.17. The molecule has 2 aromatic rings. The van der Waals surface area contributed by atoms with Gasteiger partial charge in [0.25, 0.3) is 5.89 Å². The van der Waals surface area contributed by atoms with Crippen molar-refractivity contribution in [3.05, 3.63) is 35.7 Å². The highest BCUT2D eigenvalue weighted by molar-refractivity contribution is 5.54. The second kappa shape index (κ2) is 5.43. The first-order chi connectivity index (χ1) is 9.81. The zero-order valence-corrected chi connectivity index (χ0v) is 11.2. The molecule has 1 atom stereocenters. The van der Waals surface area contributed by atoms with E-state index in [2.05, 4.69) is 16.2 Å². The fourth-order valence-electron chi connectivity index (χ4n) is 2.15. The Kier molecular flexibility index (Phi) is 3.48. The zero-order valence-electron chi connectivity index (χ0n) is 11.2. The van der Waals surface area contributed by atoms with Gasteiger partial charge in [0.1, 0.15) is 6.10 Å². The van der Waals surface area contributed by atoms with Crippen molar-refractivity contribution in [2.45, 2.75) is 25.9 Å². The molecule has 1 aliphatic carbocycles. The summed E-state index contributed by atoms with van der Waals surface area (Å²) in [4.78, 5) is 4.43. The van der Waals surface area contributed by atoms with Gasteiger partial charge < -0.3 is 9.26 Å². The van der Waals surface area contributed by atoms with Crippen LogP contribution in [-0.4, -0.2) is 16.7 Å². The van der Waals surface area contributed by atoms with Crippen molar-refractivity contribution in [2.75, 3.05) is 6.61 Å². The van der Waals surface area contributed by atoms with Gasteiger partial charge in [0, 0.05) is 12.2 Å². The summed E-state index contributed by atoms with van der Waals surface area (Å²) in [5.41, 5.74) is 1.42. The van der Waals surface area contributed by atoms with Gasteiger partial charge in [-0.3, -0.25) is 0 Å². The fraction of sp³-hybridized carbons (Fsp3) is 0.400. The van der Waals surface area contributed by atoms with Crippen molar-refractivity contribution in [1.29, 1.82) is 5.26 Å². The molecule has 1 unspecified atom stereocenters. The number of nitrogens with zero attached hydrogens (tertiary/aromatic N) is 3. The van der Waals surface area contributed by atoms with Crippen molar-refractivity contribution in [3.63, 3.8) is 0 Å². The molecule has 1 aromatic carbocycles. The number of rotatable bonds is 5. The molecule has 3 rings (SSSR count). The fourth-order valence-corrected chi connectivity index (χ4v) is 2.15. The Bertz CT molecular complexity index is 623. The van der Waals surface area contributed by atoms with Crippen LogP contribution in [0.4, 0.5) is 0 Å². The molecule has 1 aliphatic rings. The molecule has 0 aliphatic heterocycles. The normalized spacial score (nSPS) is 15.8. The van der Waals surface area contributed by atoms with E-state index in [1.54, 1.807) is 12.1 Å². The van der Waals surface area contributed by atoms with Gasteiger partial charge in [-0.25, -0.2) is 0 Å². The highest BCUT2D eigenvalue weighted by Gasteiger charge is 2.36. The van der Waals surface area contributed by atoms with E-state index in [1.807, 2.05) is 19.1 Å². The zero-order chi connectivity index (χ0) is 13.9. The van der Waals surface area contributed by atoms with Gasteiger partial charge in [0.05, 0.1) is 11.6 Å². The van der Waals surface area contributed by atoms with Crippen LogP contribution >= 0.6 is 0 Å². The van der Waals surface area contributed by atoms with Crippen LogP contribution in [0.1, 0.15) is 37.3 Å². The maximum Gasteiger partial charge on any atom is 0.258 e. The summed E-state index contributed by atoms with van der Waals surface area (Å²) < 4.78 is 11.0. The molecule has 0 radical (unpaired) electrons. The highest BCUT2D eigenvalue weighted by Crippen LogP contribution is 2.42.